The molecule has 5 nitrogen and oxygen atoms in total. The van der Waals surface area contributed by atoms with E-state index in [2.05, 4.69) is 15.8 Å². The zero-order valence-corrected chi connectivity index (χ0v) is 9.57. The van der Waals surface area contributed by atoms with Crippen molar-refractivity contribution in [2.45, 2.75) is 0 Å². The van der Waals surface area contributed by atoms with Crippen LogP contribution in [0, 0.1) is 5.39 Å². The third kappa shape index (κ3) is 2.59. The Morgan fingerprint density at radius 1 is 1.24 bits per heavy atom. The molecule has 0 aliphatic heterocycles. The van der Waals surface area contributed by atoms with Crippen LogP contribution in [-0.2, 0) is 0 Å². The molecule has 0 fully saturated rings. The van der Waals surface area contributed by atoms with Gasteiger partial charge in [-0.05, 0) is 29.0 Å². The number of rotatable bonds is 3. The molecule has 1 aromatic carbocycles. The SMILES string of the molecule is N#[N+]Nc1ccsc1C(=O)Nc1ccccc1. The molecule has 2 rings (SSSR count). The molecular weight excluding hydrogens is 236 g/mol. The third-order valence-corrected chi connectivity index (χ3v) is 2.99. The number of hydrogen-bond donors (Lipinski definition) is 2. The topological polar surface area (TPSA) is 69.3 Å². The summed E-state index contributed by atoms with van der Waals surface area (Å²) in [5.74, 6) is -0.239. The molecule has 0 bridgehead atoms. The molecule has 1 amide bonds. The van der Waals surface area contributed by atoms with Gasteiger partial charge in [0, 0.05) is 5.69 Å². The van der Waals surface area contributed by atoms with Gasteiger partial charge in [-0.25, -0.2) is 0 Å². The Kier molecular flexibility index (Phi) is 3.33. The fourth-order valence-electron chi connectivity index (χ4n) is 1.34. The molecular formula is C11H9N4OS+. The van der Waals surface area contributed by atoms with E-state index in [1.54, 1.807) is 23.6 Å². The van der Waals surface area contributed by atoms with Crippen LogP contribution in [0.1, 0.15) is 9.67 Å². The molecule has 0 spiro atoms. The second kappa shape index (κ2) is 5.09. The molecule has 1 aromatic heterocycles. The average molecular weight is 245 g/mol. The predicted molar refractivity (Wildman–Crippen MR) is 67.4 cm³/mol. The van der Waals surface area contributed by atoms with Crippen LogP contribution in [0.25, 0.3) is 5.08 Å². The number of carbonyl (C=O) groups excluding carboxylic acids is 1. The van der Waals surface area contributed by atoms with Crippen molar-refractivity contribution in [2.75, 3.05) is 10.7 Å². The minimum Gasteiger partial charge on any atom is -0.321 e. The highest BCUT2D eigenvalue weighted by atomic mass is 32.1. The second-order valence-corrected chi connectivity index (χ2v) is 4.11. The van der Waals surface area contributed by atoms with Gasteiger partial charge in [-0.1, -0.05) is 18.2 Å². The average Bonchev–Trinajstić information content (AvgIpc) is 2.79. The first-order valence-electron chi connectivity index (χ1n) is 4.85. The van der Waals surface area contributed by atoms with E-state index in [1.807, 2.05) is 18.2 Å². The Hall–Kier alpha value is -2.39. The highest BCUT2D eigenvalue weighted by molar-refractivity contribution is 7.12. The van der Waals surface area contributed by atoms with Gasteiger partial charge in [-0.2, -0.15) is 0 Å². The molecule has 1 heterocycles. The number of nitrogens with one attached hydrogen (secondary N) is 2. The minimum atomic E-state index is -0.239. The van der Waals surface area contributed by atoms with Gasteiger partial charge in [0.15, 0.2) is 0 Å². The summed E-state index contributed by atoms with van der Waals surface area (Å²) in [5.41, 5.74) is 3.55. The van der Waals surface area contributed by atoms with Gasteiger partial charge in [0.05, 0.1) is 0 Å². The summed E-state index contributed by atoms with van der Waals surface area (Å²) >= 11 is 1.27. The van der Waals surface area contributed by atoms with E-state index in [0.717, 1.165) is 5.69 Å². The van der Waals surface area contributed by atoms with Crippen molar-refractivity contribution < 1.29 is 4.79 Å². The van der Waals surface area contributed by atoms with Crippen LogP contribution in [0.4, 0.5) is 11.4 Å². The molecule has 0 aliphatic rings. The molecule has 0 radical (unpaired) electrons. The number of amides is 1. The maximum Gasteiger partial charge on any atom is 0.308 e. The Balaban J connectivity index is 2.15. The van der Waals surface area contributed by atoms with Crippen molar-refractivity contribution in [1.82, 2.24) is 0 Å². The van der Waals surface area contributed by atoms with Crippen molar-refractivity contribution in [2.24, 2.45) is 0 Å². The van der Waals surface area contributed by atoms with Crippen molar-refractivity contribution in [3.05, 3.63) is 51.7 Å². The van der Waals surface area contributed by atoms with E-state index in [-0.39, 0.29) is 5.91 Å². The van der Waals surface area contributed by atoms with E-state index in [0.29, 0.717) is 10.6 Å². The van der Waals surface area contributed by atoms with Gasteiger partial charge in [-0.15, -0.1) is 11.3 Å². The van der Waals surface area contributed by atoms with E-state index >= 15 is 0 Å². The zero-order chi connectivity index (χ0) is 12.1. The number of hydrogen-bond acceptors (Lipinski definition) is 4. The highest BCUT2D eigenvalue weighted by Crippen LogP contribution is 2.23. The monoisotopic (exact) mass is 245 g/mol. The lowest BCUT2D eigenvalue weighted by Gasteiger charge is -2.02. The fraction of sp³-hybridized carbons (Fsp3) is 0. The Morgan fingerprint density at radius 2 is 2.00 bits per heavy atom. The van der Waals surface area contributed by atoms with Gasteiger partial charge < -0.3 is 5.32 Å². The number of carbonyl (C=O) groups is 1. The molecule has 0 atom stereocenters. The molecule has 2 aromatic rings. The third-order valence-electron chi connectivity index (χ3n) is 2.07. The van der Waals surface area contributed by atoms with Crippen LogP contribution >= 0.6 is 11.3 Å². The Morgan fingerprint density at radius 3 is 2.71 bits per heavy atom. The van der Waals surface area contributed by atoms with E-state index in [9.17, 15) is 4.79 Å². The molecule has 0 saturated heterocycles. The minimum absolute atomic E-state index is 0.239. The molecule has 17 heavy (non-hydrogen) atoms. The number of thiophene rings is 1. The van der Waals surface area contributed by atoms with Crippen molar-refractivity contribution in [3.8, 4) is 0 Å². The summed E-state index contributed by atoms with van der Waals surface area (Å²) < 4.78 is 0. The van der Waals surface area contributed by atoms with Gasteiger partial charge >= 0.3 is 5.08 Å². The molecule has 0 unspecified atom stereocenters. The predicted octanol–water partition coefficient (Wildman–Crippen LogP) is 3.18. The summed E-state index contributed by atoms with van der Waals surface area (Å²) in [4.78, 5) is 12.4. The second-order valence-electron chi connectivity index (χ2n) is 3.20. The molecule has 84 valence electrons. The fourth-order valence-corrected chi connectivity index (χ4v) is 2.08. The van der Waals surface area contributed by atoms with Crippen LogP contribution in [0.15, 0.2) is 41.8 Å². The van der Waals surface area contributed by atoms with Gasteiger partial charge in [0.25, 0.3) is 11.3 Å². The van der Waals surface area contributed by atoms with Crippen molar-refractivity contribution in [3.63, 3.8) is 0 Å². The quantitative estimate of drug-likeness (QED) is 0.644. The first-order valence-corrected chi connectivity index (χ1v) is 5.73. The number of para-hydroxylation sites is 1. The number of diazo groups is 1. The van der Waals surface area contributed by atoms with Crippen LogP contribution in [-0.4, -0.2) is 5.91 Å². The number of anilines is 2. The van der Waals surface area contributed by atoms with Crippen LogP contribution in [0.5, 0.6) is 0 Å². The Labute approximate surface area is 102 Å². The number of nitrogens with zero attached hydrogens (tertiary/aromatic N) is 2. The summed E-state index contributed by atoms with van der Waals surface area (Å²) in [6, 6.07) is 10.8. The van der Waals surface area contributed by atoms with Crippen LogP contribution in [0.2, 0.25) is 0 Å². The van der Waals surface area contributed by atoms with Crippen LogP contribution in [0.3, 0.4) is 0 Å². The van der Waals surface area contributed by atoms with Crippen molar-refractivity contribution in [1.29, 1.82) is 5.39 Å². The summed E-state index contributed by atoms with van der Waals surface area (Å²) in [7, 11) is 0. The smallest absolute Gasteiger partial charge is 0.308 e. The zero-order valence-electron chi connectivity index (χ0n) is 8.75. The van der Waals surface area contributed by atoms with Gasteiger partial charge in [-0.3, -0.25) is 4.79 Å². The highest BCUT2D eigenvalue weighted by Gasteiger charge is 2.16. The first kappa shape index (κ1) is 11.1. The van der Waals surface area contributed by atoms with E-state index in [4.69, 9.17) is 5.39 Å². The molecule has 0 aliphatic carbocycles. The first-order chi connectivity index (χ1) is 8.31. The standard InChI is InChI=1S/C11H8N4OS/c12-15-14-9-6-7-17-10(9)11(16)13-8-4-2-1-3-5-8/h1-7H,(H-,13,14,16)/p+1. The normalized spacial score (nSPS) is 9.35. The summed E-state index contributed by atoms with van der Waals surface area (Å²) in [5, 5.41) is 15.7. The maximum atomic E-state index is 11.9. The lowest BCUT2D eigenvalue weighted by atomic mass is 10.3. The Bertz CT molecular complexity index is 558. The maximum absolute atomic E-state index is 11.9. The summed E-state index contributed by atoms with van der Waals surface area (Å²) in [6.07, 6.45) is 0. The molecule has 2 N–H and O–H groups in total. The largest absolute Gasteiger partial charge is 0.321 e. The lowest BCUT2D eigenvalue weighted by molar-refractivity contribution is 0.103. The lowest BCUT2D eigenvalue weighted by Crippen LogP contribution is -2.11. The van der Waals surface area contributed by atoms with Crippen molar-refractivity contribution >= 4 is 28.6 Å². The van der Waals surface area contributed by atoms with Crippen LogP contribution < -0.4 is 10.7 Å². The summed E-state index contributed by atoms with van der Waals surface area (Å²) in [6.45, 7) is 0. The molecule has 6 heteroatoms. The van der Waals surface area contributed by atoms with Gasteiger partial charge in [0.2, 0.25) is 0 Å². The van der Waals surface area contributed by atoms with E-state index < -0.39 is 0 Å². The van der Waals surface area contributed by atoms with E-state index in [1.165, 1.54) is 11.3 Å². The number of benzene rings is 1. The van der Waals surface area contributed by atoms with Gasteiger partial charge in [0.1, 0.15) is 10.6 Å². The molecule has 0 saturated carbocycles.